The Hall–Kier alpha value is -2.15. The molecule has 2 aromatic heterocycles. The molecule has 0 aliphatic carbocycles. The maximum atomic E-state index is 13.4. The van der Waals surface area contributed by atoms with E-state index in [0.717, 1.165) is 61.4 Å². The van der Waals surface area contributed by atoms with Crippen molar-refractivity contribution in [2.75, 3.05) is 19.7 Å². The molecular weight excluding hydrogens is 410 g/mol. The summed E-state index contributed by atoms with van der Waals surface area (Å²) in [4.78, 5) is 31.9. The highest BCUT2D eigenvalue weighted by atomic mass is 32.1. The molecule has 172 valence electrons. The lowest BCUT2D eigenvalue weighted by molar-refractivity contribution is 0.0525. The second-order valence-electron chi connectivity index (χ2n) is 7.74. The van der Waals surface area contributed by atoms with Gasteiger partial charge in [-0.05, 0) is 39.7 Å². The molecule has 0 saturated heterocycles. The fourth-order valence-electron chi connectivity index (χ4n) is 3.66. The van der Waals surface area contributed by atoms with Crippen molar-refractivity contribution in [2.24, 2.45) is 0 Å². The average molecular weight is 448 g/mol. The van der Waals surface area contributed by atoms with Gasteiger partial charge in [0, 0.05) is 30.7 Å². The first-order valence-corrected chi connectivity index (χ1v) is 12.5. The van der Waals surface area contributed by atoms with E-state index >= 15 is 0 Å². The van der Waals surface area contributed by atoms with Crippen LogP contribution in [0.3, 0.4) is 0 Å². The zero-order valence-corrected chi connectivity index (χ0v) is 20.5. The Labute approximate surface area is 190 Å². The second-order valence-corrected chi connectivity index (χ2v) is 8.60. The summed E-state index contributed by atoms with van der Waals surface area (Å²) in [6.07, 6.45) is 6.64. The van der Waals surface area contributed by atoms with Gasteiger partial charge < -0.3 is 14.2 Å². The van der Waals surface area contributed by atoms with Crippen molar-refractivity contribution in [3.63, 3.8) is 0 Å². The van der Waals surface area contributed by atoms with E-state index in [9.17, 15) is 9.59 Å². The van der Waals surface area contributed by atoms with Crippen LogP contribution in [0.15, 0.2) is 11.4 Å². The molecule has 6 nitrogen and oxygen atoms in total. The summed E-state index contributed by atoms with van der Waals surface area (Å²) in [5, 5.41) is 2.22. The quantitative estimate of drug-likeness (QED) is 0.282. The standard InChI is InChI=1S/C24H37N3O3S/c1-6-10-12-13-14-26(8-3)23(28)19-16-21(27(18(19)5)15-11-7-2)20-17-31-22(25-20)24(29)30-9-4/h16-17H,6-15H2,1-5H3. The number of unbranched alkanes of at least 4 members (excludes halogenated alkanes) is 4. The fourth-order valence-corrected chi connectivity index (χ4v) is 4.36. The lowest BCUT2D eigenvalue weighted by Crippen LogP contribution is -2.32. The van der Waals surface area contributed by atoms with E-state index in [1.165, 1.54) is 24.2 Å². The molecule has 0 aliphatic heterocycles. The van der Waals surface area contributed by atoms with Gasteiger partial charge in [0.25, 0.3) is 5.91 Å². The lowest BCUT2D eigenvalue weighted by atomic mass is 10.1. The first-order valence-electron chi connectivity index (χ1n) is 11.6. The van der Waals surface area contributed by atoms with Gasteiger partial charge in [-0.15, -0.1) is 11.3 Å². The van der Waals surface area contributed by atoms with Gasteiger partial charge in [0.15, 0.2) is 0 Å². The van der Waals surface area contributed by atoms with Gasteiger partial charge in [0.05, 0.1) is 23.6 Å². The Kier molecular flexibility index (Phi) is 10.2. The fraction of sp³-hybridized carbons (Fsp3) is 0.625. The van der Waals surface area contributed by atoms with Gasteiger partial charge in [-0.1, -0.05) is 39.5 Å². The van der Waals surface area contributed by atoms with Gasteiger partial charge >= 0.3 is 5.97 Å². The number of rotatable bonds is 13. The lowest BCUT2D eigenvalue weighted by Gasteiger charge is -2.21. The molecule has 1 amide bonds. The van der Waals surface area contributed by atoms with E-state index in [1.54, 1.807) is 6.92 Å². The molecule has 2 rings (SSSR count). The number of hydrogen-bond acceptors (Lipinski definition) is 5. The van der Waals surface area contributed by atoms with Crippen LogP contribution < -0.4 is 0 Å². The van der Waals surface area contributed by atoms with Crippen LogP contribution in [0.5, 0.6) is 0 Å². The smallest absolute Gasteiger partial charge is 0.367 e. The number of nitrogens with zero attached hydrogens (tertiary/aromatic N) is 3. The van der Waals surface area contributed by atoms with Crippen LogP contribution in [0.1, 0.15) is 92.1 Å². The summed E-state index contributed by atoms with van der Waals surface area (Å²) < 4.78 is 7.25. The minimum absolute atomic E-state index is 0.0776. The average Bonchev–Trinajstić information content (AvgIpc) is 3.37. The normalized spacial score (nSPS) is 11.0. The van der Waals surface area contributed by atoms with Crippen LogP contribution in [-0.2, 0) is 11.3 Å². The van der Waals surface area contributed by atoms with Crippen LogP contribution in [0.4, 0.5) is 0 Å². The van der Waals surface area contributed by atoms with E-state index in [0.29, 0.717) is 18.2 Å². The molecule has 0 unspecified atom stereocenters. The molecular formula is C24H37N3O3S. The first kappa shape index (κ1) is 25.1. The van der Waals surface area contributed by atoms with Crippen LogP contribution in [0.2, 0.25) is 0 Å². The molecule has 0 N–H and O–H groups in total. The highest BCUT2D eigenvalue weighted by Crippen LogP contribution is 2.29. The molecule has 0 aliphatic rings. The number of esters is 1. The zero-order chi connectivity index (χ0) is 22.8. The third-order valence-corrected chi connectivity index (χ3v) is 6.32. The van der Waals surface area contributed by atoms with E-state index in [2.05, 4.69) is 23.4 Å². The van der Waals surface area contributed by atoms with Gasteiger partial charge in [0.2, 0.25) is 5.01 Å². The predicted octanol–water partition coefficient (Wildman–Crippen LogP) is 5.94. The van der Waals surface area contributed by atoms with Crippen LogP contribution >= 0.6 is 11.3 Å². The van der Waals surface area contributed by atoms with Crippen LogP contribution in [0, 0.1) is 6.92 Å². The number of ether oxygens (including phenoxy) is 1. The Morgan fingerprint density at radius 3 is 2.48 bits per heavy atom. The second kappa shape index (κ2) is 12.6. The molecule has 0 bridgehead atoms. The number of aromatic nitrogens is 2. The summed E-state index contributed by atoms with van der Waals surface area (Å²) in [5.74, 6) is -0.323. The topological polar surface area (TPSA) is 64.4 Å². The van der Waals surface area contributed by atoms with Crippen molar-refractivity contribution < 1.29 is 14.3 Å². The maximum absolute atomic E-state index is 13.4. The van der Waals surface area contributed by atoms with E-state index < -0.39 is 5.97 Å². The Morgan fingerprint density at radius 1 is 1.10 bits per heavy atom. The van der Waals surface area contributed by atoms with Crippen molar-refractivity contribution in [3.8, 4) is 11.4 Å². The molecule has 0 spiro atoms. The Morgan fingerprint density at radius 2 is 1.84 bits per heavy atom. The third kappa shape index (κ3) is 6.42. The molecule has 2 aromatic rings. The molecule has 2 heterocycles. The van der Waals surface area contributed by atoms with Crippen molar-refractivity contribution >= 4 is 23.2 Å². The predicted molar refractivity (Wildman–Crippen MR) is 127 cm³/mol. The van der Waals surface area contributed by atoms with Gasteiger partial charge in [0.1, 0.15) is 0 Å². The van der Waals surface area contributed by atoms with Crippen LogP contribution in [0.25, 0.3) is 11.4 Å². The number of carbonyl (C=O) groups excluding carboxylic acids is 2. The molecule has 7 heteroatoms. The van der Waals surface area contributed by atoms with Gasteiger partial charge in [-0.2, -0.15) is 0 Å². The first-order chi connectivity index (χ1) is 15.0. The molecule has 0 aromatic carbocycles. The van der Waals surface area contributed by atoms with Crippen molar-refractivity contribution in [1.29, 1.82) is 0 Å². The minimum Gasteiger partial charge on any atom is -0.461 e. The summed E-state index contributed by atoms with van der Waals surface area (Å²) >= 11 is 1.28. The van der Waals surface area contributed by atoms with E-state index in [1.807, 2.05) is 30.2 Å². The molecule has 0 radical (unpaired) electrons. The van der Waals surface area contributed by atoms with E-state index in [4.69, 9.17) is 4.74 Å². The largest absolute Gasteiger partial charge is 0.461 e. The number of thiazole rings is 1. The summed E-state index contributed by atoms with van der Waals surface area (Å²) in [5.41, 5.74) is 3.31. The Bertz CT molecular complexity index is 856. The number of carbonyl (C=O) groups is 2. The van der Waals surface area contributed by atoms with Gasteiger partial charge in [-0.3, -0.25) is 4.79 Å². The Balaban J connectivity index is 2.34. The zero-order valence-electron chi connectivity index (χ0n) is 19.7. The third-order valence-electron chi connectivity index (χ3n) is 5.50. The minimum atomic E-state index is -0.400. The molecule has 0 atom stereocenters. The van der Waals surface area contributed by atoms with E-state index in [-0.39, 0.29) is 5.91 Å². The summed E-state index contributed by atoms with van der Waals surface area (Å²) in [6.45, 7) is 12.8. The number of amides is 1. The summed E-state index contributed by atoms with van der Waals surface area (Å²) in [7, 11) is 0. The van der Waals surface area contributed by atoms with Gasteiger partial charge in [-0.25, -0.2) is 9.78 Å². The monoisotopic (exact) mass is 447 g/mol. The maximum Gasteiger partial charge on any atom is 0.367 e. The molecule has 0 saturated carbocycles. The molecule has 31 heavy (non-hydrogen) atoms. The summed E-state index contributed by atoms with van der Waals surface area (Å²) in [6, 6.07) is 1.95. The van der Waals surface area contributed by atoms with Crippen LogP contribution in [-0.4, -0.2) is 46.0 Å². The number of hydrogen-bond donors (Lipinski definition) is 0. The molecule has 0 fully saturated rings. The van der Waals surface area contributed by atoms with Crippen molar-refractivity contribution in [3.05, 3.63) is 27.7 Å². The van der Waals surface area contributed by atoms with Crippen molar-refractivity contribution in [2.45, 2.75) is 79.7 Å². The van der Waals surface area contributed by atoms with Crippen molar-refractivity contribution in [1.82, 2.24) is 14.5 Å². The SMILES string of the molecule is CCCCCCN(CC)C(=O)c1cc(-c2csc(C(=O)OCC)n2)n(CCCC)c1C. The highest BCUT2D eigenvalue weighted by Gasteiger charge is 2.24. The highest BCUT2D eigenvalue weighted by molar-refractivity contribution is 7.11.